The van der Waals surface area contributed by atoms with E-state index >= 15 is 0 Å². The number of benzene rings is 1. The average molecular weight is 338 g/mol. The third-order valence-electron chi connectivity index (χ3n) is 3.53. The Morgan fingerprint density at radius 2 is 1.92 bits per heavy atom. The van der Waals surface area contributed by atoms with Gasteiger partial charge in [0.1, 0.15) is 11.4 Å². The first-order chi connectivity index (χ1) is 12.1. The fourth-order valence-electron chi connectivity index (χ4n) is 2.30. The third-order valence-corrected chi connectivity index (χ3v) is 3.53. The molecule has 0 aliphatic rings. The Morgan fingerprint density at radius 1 is 1.12 bits per heavy atom. The molecule has 0 atom stereocenters. The van der Waals surface area contributed by atoms with Crippen LogP contribution in [0.2, 0.25) is 0 Å². The molecule has 3 rings (SSSR count). The van der Waals surface area contributed by atoms with E-state index in [1.54, 1.807) is 6.20 Å². The van der Waals surface area contributed by atoms with Crippen LogP contribution in [0, 0.1) is 5.82 Å². The Kier molecular flexibility index (Phi) is 4.94. The summed E-state index contributed by atoms with van der Waals surface area (Å²) in [6, 6.07) is 11.2. The number of carbonyl (C=O) groups is 1. The molecule has 1 aromatic carbocycles. The van der Waals surface area contributed by atoms with E-state index in [2.05, 4.69) is 20.3 Å². The quantitative estimate of drug-likeness (QED) is 0.718. The Morgan fingerprint density at radius 3 is 2.60 bits per heavy atom. The third kappa shape index (κ3) is 4.14. The summed E-state index contributed by atoms with van der Waals surface area (Å²) in [5, 5.41) is 12.4. The van der Waals surface area contributed by atoms with Crippen LogP contribution in [0.1, 0.15) is 16.1 Å². The fourth-order valence-corrected chi connectivity index (χ4v) is 2.30. The average Bonchev–Trinajstić information content (AvgIpc) is 2.63. The summed E-state index contributed by atoms with van der Waals surface area (Å²) in [5.74, 6) is -1.23. The van der Waals surface area contributed by atoms with Gasteiger partial charge in [0.05, 0.1) is 5.69 Å². The van der Waals surface area contributed by atoms with E-state index in [1.165, 1.54) is 30.5 Å². The number of nitrogens with one attached hydrogen (secondary N) is 1. The number of carboxylic acids is 1. The summed E-state index contributed by atoms with van der Waals surface area (Å²) < 4.78 is 13.1. The number of aromatic carboxylic acids is 1. The highest BCUT2D eigenvalue weighted by molar-refractivity contribution is 5.94. The van der Waals surface area contributed by atoms with Crippen molar-refractivity contribution < 1.29 is 14.3 Å². The number of anilines is 1. The van der Waals surface area contributed by atoms with Crippen molar-refractivity contribution >= 4 is 11.9 Å². The van der Waals surface area contributed by atoms with Gasteiger partial charge in [-0.15, -0.1) is 0 Å². The number of hydrogen-bond donors (Lipinski definition) is 2. The van der Waals surface area contributed by atoms with Gasteiger partial charge in [0.15, 0.2) is 0 Å². The molecule has 2 heterocycles. The highest BCUT2D eigenvalue weighted by atomic mass is 19.1. The molecule has 0 bridgehead atoms. The summed E-state index contributed by atoms with van der Waals surface area (Å²) in [6.45, 7) is 0.548. The van der Waals surface area contributed by atoms with Crippen molar-refractivity contribution in [2.45, 2.75) is 6.42 Å². The zero-order valence-corrected chi connectivity index (χ0v) is 13.2. The van der Waals surface area contributed by atoms with Crippen LogP contribution >= 0.6 is 0 Å². The number of halogens is 1. The molecule has 2 N–H and O–H groups in total. The Labute approximate surface area is 143 Å². The first-order valence-electron chi connectivity index (χ1n) is 7.63. The molecule has 0 aliphatic carbocycles. The minimum atomic E-state index is -1.14. The summed E-state index contributed by atoms with van der Waals surface area (Å²) in [4.78, 5) is 23.9. The van der Waals surface area contributed by atoms with E-state index in [4.69, 9.17) is 0 Å². The van der Waals surface area contributed by atoms with Gasteiger partial charge in [0.25, 0.3) is 0 Å². The highest BCUT2D eigenvalue weighted by Crippen LogP contribution is 2.22. The number of pyridine rings is 1. The standard InChI is InChI=1S/C18H15FN4O2/c19-13-6-4-12(5-7-13)16-15(17(24)25)11-22-18(23-16)21-10-8-14-3-1-2-9-20-14/h1-7,9,11H,8,10H2,(H,24,25)(H,21,22,23). The van der Waals surface area contributed by atoms with Gasteiger partial charge in [0.2, 0.25) is 5.95 Å². The van der Waals surface area contributed by atoms with Crippen molar-refractivity contribution in [1.29, 1.82) is 0 Å². The topological polar surface area (TPSA) is 88.0 Å². The zero-order valence-electron chi connectivity index (χ0n) is 13.2. The molecule has 126 valence electrons. The summed E-state index contributed by atoms with van der Waals surface area (Å²) in [6.07, 6.45) is 3.65. The molecule has 25 heavy (non-hydrogen) atoms. The SMILES string of the molecule is O=C(O)c1cnc(NCCc2ccccn2)nc1-c1ccc(F)cc1. The van der Waals surface area contributed by atoms with Crippen molar-refractivity contribution in [3.05, 3.63) is 71.9 Å². The van der Waals surface area contributed by atoms with Gasteiger partial charge in [0, 0.05) is 36.6 Å². The van der Waals surface area contributed by atoms with Gasteiger partial charge >= 0.3 is 5.97 Å². The fraction of sp³-hybridized carbons (Fsp3) is 0.111. The van der Waals surface area contributed by atoms with E-state index in [0.717, 1.165) is 5.69 Å². The van der Waals surface area contributed by atoms with Crippen LogP contribution < -0.4 is 5.32 Å². The maximum absolute atomic E-state index is 13.1. The Bertz CT molecular complexity index is 870. The van der Waals surface area contributed by atoms with E-state index in [9.17, 15) is 14.3 Å². The second-order valence-corrected chi connectivity index (χ2v) is 5.27. The molecule has 0 saturated heterocycles. The lowest BCUT2D eigenvalue weighted by molar-refractivity contribution is 0.0697. The molecule has 0 spiro atoms. The van der Waals surface area contributed by atoms with Crippen LogP contribution in [0.3, 0.4) is 0 Å². The van der Waals surface area contributed by atoms with E-state index < -0.39 is 11.8 Å². The minimum Gasteiger partial charge on any atom is -0.478 e. The summed E-state index contributed by atoms with van der Waals surface area (Å²) in [5.41, 5.74) is 1.63. The predicted molar refractivity (Wildman–Crippen MR) is 90.8 cm³/mol. The van der Waals surface area contributed by atoms with E-state index in [0.29, 0.717) is 24.5 Å². The predicted octanol–water partition coefficient (Wildman–Crippen LogP) is 3.03. The van der Waals surface area contributed by atoms with Gasteiger partial charge in [-0.05, 0) is 36.4 Å². The van der Waals surface area contributed by atoms with Crippen molar-refractivity contribution in [2.24, 2.45) is 0 Å². The molecular formula is C18H15FN4O2. The monoisotopic (exact) mass is 338 g/mol. The molecule has 0 amide bonds. The number of carboxylic acid groups (broad SMARTS) is 1. The number of nitrogens with zero attached hydrogens (tertiary/aromatic N) is 3. The van der Waals surface area contributed by atoms with Crippen molar-refractivity contribution in [3.63, 3.8) is 0 Å². The molecule has 0 unspecified atom stereocenters. The number of aromatic nitrogens is 3. The Balaban J connectivity index is 1.80. The summed E-state index contributed by atoms with van der Waals surface area (Å²) in [7, 11) is 0. The molecule has 0 fully saturated rings. The molecule has 0 aliphatic heterocycles. The lowest BCUT2D eigenvalue weighted by atomic mass is 10.1. The van der Waals surface area contributed by atoms with Crippen LogP contribution in [0.5, 0.6) is 0 Å². The molecule has 0 radical (unpaired) electrons. The van der Waals surface area contributed by atoms with Crippen molar-refractivity contribution in [3.8, 4) is 11.3 Å². The van der Waals surface area contributed by atoms with Crippen LogP contribution in [-0.4, -0.2) is 32.6 Å². The maximum Gasteiger partial charge on any atom is 0.339 e. The first-order valence-corrected chi connectivity index (χ1v) is 7.63. The molecule has 3 aromatic rings. The lowest BCUT2D eigenvalue weighted by Crippen LogP contribution is -2.11. The van der Waals surface area contributed by atoms with Gasteiger partial charge in [-0.1, -0.05) is 6.07 Å². The molecule has 6 nitrogen and oxygen atoms in total. The molecule has 0 saturated carbocycles. The number of hydrogen-bond acceptors (Lipinski definition) is 5. The second kappa shape index (κ2) is 7.48. The lowest BCUT2D eigenvalue weighted by Gasteiger charge is -2.09. The van der Waals surface area contributed by atoms with Gasteiger partial charge in [-0.25, -0.2) is 19.2 Å². The number of rotatable bonds is 6. The van der Waals surface area contributed by atoms with Crippen LogP contribution in [-0.2, 0) is 6.42 Å². The van der Waals surface area contributed by atoms with E-state index in [-0.39, 0.29) is 11.3 Å². The van der Waals surface area contributed by atoms with Gasteiger partial charge < -0.3 is 10.4 Å². The smallest absolute Gasteiger partial charge is 0.339 e. The van der Waals surface area contributed by atoms with Crippen LogP contribution in [0.25, 0.3) is 11.3 Å². The Hall–Kier alpha value is -3.35. The molecule has 7 heteroatoms. The molecular weight excluding hydrogens is 323 g/mol. The highest BCUT2D eigenvalue weighted by Gasteiger charge is 2.15. The van der Waals surface area contributed by atoms with Gasteiger partial charge in [-0.2, -0.15) is 0 Å². The normalized spacial score (nSPS) is 10.4. The van der Waals surface area contributed by atoms with Crippen LogP contribution in [0.15, 0.2) is 54.9 Å². The van der Waals surface area contributed by atoms with Gasteiger partial charge in [-0.3, -0.25) is 4.98 Å². The zero-order chi connectivity index (χ0) is 17.6. The van der Waals surface area contributed by atoms with Crippen LogP contribution in [0.4, 0.5) is 10.3 Å². The minimum absolute atomic E-state index is 0.0399. The van der Waals surface area contributed by atoms with Crippen molar-refractivity contribution in [1.82, 2.24) is 15.0 Å². The van der Waals surface area contributed by atoms with Crippen molar-refractivity contribution in [2.75, 3.05) is 11.9 Å². The maximum atomic E-state index is 13.1. The first kappa shape index (κ1) is 16.5. The summed E-state index contributed by atoms with van der Waals surface area (Å²) >= 11 is 0. The molecule has 2 aromatic heterocycles. The largest absolute Gasteiger partial charge is 0.478 e. The second-order valence-electron chi connectivity index (χ2n) is 5.27. The van der Waals surface area contributed by atoms with E-state index in [1.807, 2.05) is 18.2 Å².